The second-order valence-corrected chi connectivity index (χ2v) is 10.5. The van der Waals surface area contributed by atoms with Crippen molar-refractivity contribution in [3.05, 3.63) is 36.2 Å². The zero-order chi connectivity index (χ0) is 19.7. The summed E-state index contributed by atoms with van der Waals surface area (Å²) in [6.07, 6.45) is 2.77. The second kappa shape index (κ2) is 7.87. The molecule has 9 heteroatoms. The van der Waals surface area contributed by atoms with Crippen LogP contribution >= 0.6 is 11.8 Å². The van der Waals surface area contributed by atoms with Gasteiger partial charge < -0.3 is 4.90 Å². The van der Waals surface area contributed by atoms with E-state index in [0.717, 1.165) is 24.4 Å². The van der Waals surface area contributed by atoms with E-state index in [1.807, 2.05) is 41.8 Å². The molecule has 150 valence electrons. The third-order valence-corrected chi connectivity index (χ3v) is 7.91. The highest BCUT2D eigenvalue weighted by atomic mass is 32.2. The quantitative estimate of drug-likeness (QED) is 0.639. The van der Waals surface area contributed by atoms with Gasteiger partial charge >= 0.3 is 0 Å². The second-order valence-electron chi connectivity index (χ2n) is 7.31. The van der Waals surface area contributed by atoms with Crippen LogP contribution in [0.3, 0.4) is 0 Å². The molecule has 1 amide bonds. The average Bonchev–Trinajstić information content (AvgIpc) is 3.34. The molecule has 1 atom stereocenters. The highest BCUT2D eigenvalue weighted by Gasteiger charge is 2.34. The van der Waals surface area contributed by atoms with Gasteiger partial charge in [0.2, 0.25) is 5.91 Å². The van der Waals surface area contributed by atoms with Crippen molar-refractivity contribution < 1.29 is 13.2 Å². The molecule has 1 aliphatic heterocycles. The largest absolute Gasteiger partial charge is 0.338 e. The first-order valence-corrected chi connectivity index (χ1v) is 12.4. The van der Waals surface area contributed by atoms with E-state index in [2.05, 4.69) is 10.2 Å². The summed E-state index contributed by atoms with van der Waals surface area (Å²) >= 11 is 1.37. The van der Waals surface area contributed by atoms with Crippen LogP contribution in [-0.4, -0.2) is 63.8 Å². The van der Waals surface area contributed by atoms with Crippen LogP contribution in [0.25, 0.3) is 5.69 Å². The number of sulfone groups is 1. The summed E-state index contributed by atoms with van der Waals surface area (Å²) in [6.45, 7) is 2.41. The first kappa shape index (κ1) is 19.4. The van der Waals surface area contributed by atoms with Crippen LogP contribution in [0, 0.1) is 0 Å². The normalized spacial score (nSPS) is 21.0. The maximum Gasteiger partial charge on any atom is 0.233 e. The molecular formula is C19H24N4O3S2. The zero-order valence-electron chi connectivity index (χ0n) is 15.8. The zero-order valence-corrected chi connectivity index (χ0v) is 17.5. The number of amides is 1. The Morgan fingerprint density at radius 3 is 2.57 bits per heavy atom. The molecule has 7 nitrogen and oxygen atoms in total. The van der Waals surface area contributed by atoms with Crippen molar-refractivity contribution in [2.45, 2.75) is 43.3 Å². The van der Waals surface area contributed by atoms with Crippen molar-refractivity contribution in [2.24, 2.45) is 0 Å². The van der Waals surface area contributed by atoms with Crippen molar-refractivity contribution in [3.63, 3.8) is 0 Å². The molecule has 1 aromatic carbocycles. The fourth-order valence-electron chi connectivity index (χ4n) is 3.67. The maximum atomic E-state index is 12.8. The SMILES string of the molecule is CCN(C(=O)CSc1nnc(C2CC2)n1-c1ccccc1)[C@@H]1CCS(=O)(=O)C1. The van der Waals surface area contributed by atoms with E-state index < -0.39 is 9.84 Å². The predicted molar refractivity (Wildman–Crippen MR) is 109 cm³/mol. The number of rotatable bonds is 7. The summed E-state index contributed by atoms with van der Waals surface area (Å²) in [7, 11) is -3.02. The van der Waals surface area contributed by atoms with Crippen molar-refractivity contribution in [2.75, 3.05) is 23.8 Å². The highest BCUT2D eigenvalue weighted by Crippen LogP contribution is 2.41. The topological polar surface area (TPSA) is 85.2 Å². The average molecular weight is 421 g/mol. The fourth-order valence-corrected chi connectivity index (χ4v) is 6.24. The van der Waals surface area contributed by atoms with E-state index in [4.69, 9.17) is 0 Å². The van der Waals surface area contributed by atoms with Crippen LogP contribution in [0.2, 0.25) is 0 Å². The van der Waals surface area contributed by atoms with Gasteiger partial charge in [0.25, 0.3) is 0 Å². The van der Waals surface area contributed by atoms with Gasteiger partial charge in [-0.2, -0.15) is 0 Å². The van der Waals surface area contributed by atoms with Crippen molar-refractivity contribution in [3.8, 4) is 5.69 Å². The number of para-hydroxylation sites is 1. The molecule has 2 aromatic rings. The summed E-state index contributed by atoms with van der Waals surface area (Å²) < 4.78 is 25.6. The summed E-state index contributed by atoms with van der Waals surface area (Å²) in [4.78, 5) is 14.5. The number of thioether (sulfide) groups is 1. The van der Waals surface area contributed by atoms with Gasteiger partial charge in [0, 0.05) is 24.2 Å². The van der Waals surface area contributed by atoms with E-state index in [1.54, 1.807) is 4.90 Å². The van der Waals surface area contributed by atoms with Crippen LogP contribution in [-0.2, 0) is 14.6 Å². The number of hydrogen-bond acceptors (Lipinski definition) is 6. The minimum Gasteiger partial charge on any atom is -0.338 e. The summed E-state index contributed by atoms with van der Waals surface area (Å²) in [5.41, 5.74) is 0.999. The Morgan fingerprint density at radius 2 is 1.96 bits per heavy atom. The van der Waals surface area contributed by atoms with Crippen LogP contribution in [0.5, 0.6) is 0 Å². The number of nitrogens with zero attached hydrogens (tertiary/aromatic N) is 4. The first-order chi connectivity index (χ1) is 13.5. The van der Waals surface area contributed by atoms with Crippen LogP contribution in [0.4, 0.5) is 0 Å². The standard InChI is InChI=1S/C19H24N4O3S2/c1-2-22(16-10-11-28(25,26)13-16)17(24)12-27-19-21-20-18(14-8-9-14)23(19)15-6-4-3-5-7-15/h3-7,14,16H,2,8-13H2,1H3/t16-/m1/s1. The maximum absolute atomic E-state index is 12.8. The fraction of sp³-hybridized carbons (Fsp3) is 0.526. The van der Waals surface area contributed by atoms with E-state index in [9.17, 15) is 13.2 Å². The molecule has 2 aliphatic rings. The molecule has 0 bridgehead atoms. The number of hydrogen-bond donors (Lipinski definition) is 0. The Kier molecular flexibility index (Phi) is 5.46. The van der Waals surface area contributed by atoms with Gasteiger partial charge in [0.05, 0.1) is 17.3 Å². The van der Waals surface area contributed by atoms with E-state index in [0.29, 0.717) is 24.0 Å². The van der Waals surface area contributed by atoms with Gasteiger partial charge in [0.15, 0.2) is 15.0 Å². The third-order valence-electron chi connectivity index (χ3n) is 5.25. The molecule has 0 spiro atoms. The van der Waals surface area contributed by atoms with Crippen LogP contribution in [0.15, 0.2) is 35.5 Å². The third kappa shape index (κ3) is 4.10. The summed E-state index contributed by atoms with van der Waals surface area (Å²) in [6, 6.07) is 9.74. The van der Waals surface area contributed by atoms with Gasteiger partial charge in [-0.05, 0) is 38.3 Å². The van der Waals surface area contributed by atoms with E-state index >= 15 is 0 Å². The molecule has 1 saturated heterocycles. The van der Waals surface area contributed by atoms with Crippen LogP contribution < -0.4 is 0 Å². The summed E-state index contributed by atoms with van der Waals surface area (Å²) in [5, 5.41) is 9.43. The lowest BCUT2D eigenvalue weighted by atomic mass is 10.2. The van der Waals surface area contributed by atoms with Crippen molar-refractivity contribution >= 4 is 27.5 Å². The molecule has 28 heavy (non-hydrogen) atoms. The Labute approximate surface area is 169 Å². The molecule has 2 fully saturated rings. The predicted octanol–water partition coefficient (Wildman–Crippen LogP) is 2.27. The molecule has 4 rings (SSSR count). The van der Waals surface area contributed by atoms with Gasteiger partial charge in [-0.25, -0.2) is 8.42 Å². The Morgan fingerprint density at radius 1 is 1.21 bits per heavy atom. The molecule has 0 radical (unpaired) electrons. The molecule has 1 aliphatic carbocycles. The molecule has 1 saturated carbocycles. The highest BCUT2D eigenvalue weighted by molar-refractivity contribution is 7.99. The smallest absolute Gasteiger partial charge is 0.233 e. The minimum absolute atomic E-state index is 0.0508. The first-order valence-electron chi connectivity index (χ1n) is 9.62. The van der Waals surface area contributed by atoms with Crippen LogP contribution in [0.1, 0.15) is 37.9 Å². The monoisotopic (exact) mass is 420 g/mol. The number of aromatic nitrogens is 3. The molecular weight excluding hydrogens is 396 g/mol. The molecule has 0 unspecified atom stereocenters. The lowest BCUT2D eigenvalue weighted by molar-refractivity contribution is -0.129. The molecule has 0 N–H and O–H groups in total. The minimum atomic E-state index is -3.02. The number of carbonyl (C=O) groups excluding carboxylic acids is 1. The summed E-state index contributed by atoms with van der Waals surface area (Å²) in [5.74, 6) is 1.81. The number of benzene rings is 1. The molecule has 2 heterocycles. The van der Waals surface area contributed by atoms with Gasteiger partial charge in [-0.3, -0.25) is 9.36 Å². The Balaban J connectivity index is 1.50. The molecule has 1 aromatic heterocycles. The Hall–Kier alpha value is -1.87. The number of carbonyl (C=O) groups is 1. The van der Waals surface area contributed by atoms with Gasteiger partial charge in [0.1, 0.15) is 5.82 Å². The Bertz CT molecular complexity index is 955. The lowest BCUT2D eigenvalue weighted by Crippen LogP contribution is -2.42. The van der Waals surface area contributed by atoms with Crippen molar-refractivity contribution in [1.29, 1.82) is 0 Å². The van der Waals surface area contributed by atoms with E-state index in [1.165, 1.54) is 11.8 Å². The van der Waals surface area contributed by atoms with Gasteiger partial charge in [-0.15, -0.1) is 10.2 Å². The van der Waals surface area contributed by atoms with Gasteiger partial charge in [-0.1, -0.05) is 30.0 Å². The van der Waals surface area contributed by atoms with E-state index in [-0.39, 0.29) is 29.2 Å². The lowest BCUT2D eigenvalue weighted by Gasteiger charge is -2.26. The van der Waals surface area contributed by atoms with Crippen molar-refractivity contribution in [1.82, 2.24) is 19.7 Å².